The number of hydrogen-bond donors (Lipinski definition) is 1. The molecule has 1 N–H and O–H groups in total. The molecule has 3 fully saturated rings. The maximum Gasteiger partial charge on any atom is 0.246 e. The van der Waals surface area contributed by atoms with Crippen LogP contribution < -0.4 is 5.32 Å². The molecule has 2 unspecified atom stereocenters. The zero-order chi connectivity index (χ0) is 22.8. The smallest absolute Gasteiger partial charge is 0.246 e. The molecule has 4 nitrogen and oxygen atoms in total. The maximum absolute atomic E-state index is 14.1. The molecule has 0 aromatic heterocycles. The molecule has 1 aliphatic heterocycles. The van der Waals surface area contributed by atoms with Gasteiger partial charge in [0.05, 0.1) is 5.69 Å². The van der Waals surface area contributed by atoms with Gasteiger partial charge < -0.3 is 10.2 Å². The van der Waals surface area contributed by atoms with Crippen molar-refractivity contribution in [2.75, 3.05) is 12.4 Å². The third-order valence-electron chi connectivity index (χ3n) is 9.63. The predicted octanol–water partition coefficient (Wildman–Crippen LogP) is 5.16. The molecule has 0 spiro atoms. The minimum Gasteiger partial charge on any atom is -0.338 e. The van der Waals surface area contributed by atoms with E-state index >= 15 is 0 Å². The van der Waals surface area contributed by atoms with Crippen molar-refractivity contribution in [3.63, 3.8) is 0 Å². The molecule has 0 saturated heterocycles. The van der Waals surface area contributed by atoms with Crippen LogP contribution in [0.2, 0.25) is 0 Å². The summed E-state index contributed by atoms with van der Waals surface area (Å²) in [7, 11) is 1.92. The maximum atomic E-state index is 14.1. The highest BCUT2D eigenvalue weighted by atomic mass is 19.1. The second-order valence-electron chi connectivity index (χ2n) is 10.9. The fourth-order valence-corrected chi connectivity index (χ4v) is 7.98. The van der Waals surface area contributed by atoms with E-state index in [1.54, 1.807) is 6.08 Å². The van der Waals surface area contributed by atoms with Gasteiger partial charge in [-0.25, -0.2) is 8.78 Å². The number of benzene rings is 1. The fourth-order valence-electron chi connectivity index (χ4n) is 7.98. The molecule has 0 radical (unpaired) electrons. The number of likely N-dealkylation sites (N-methyl/N-ethyl adjacent to an activating group) is 1. The topological polar surface area (TPSA) is 49.4 Å². The van der Waals surface area contributed by atoms with Crippen LogP contribution in [0, 0.1) is 46.1 Å². The quantitative estimate of drug-likeness (QED) is 0.688. The Hall–Kier alpha value is -2.24. The Bertz CT molecular complexity index is 994. The zero-order valence-electron chi connectivity index (χ0n) is 19.0. The van der Waals surface area contributed by atoms with E-state index in [4.69, 9.17) is 0 Å². The highest BCUT2D eigenvalue weighted by molar-refractivity contribution is 5.93. The Kier molecular flexibility index (Phi) is 4.99. The first-order valence-corrected chi connectivity index (χ1v) is 11.9. The zero-order valence-corrected chi connectivity index (χ0v) is 19.0. The van der Waals surface area contributed by atoms with Gasteiger partial charge in [0.2, 0.25) is 11.8 Å². The van der Waals surface area contributed by atoms with Crippen LogP contribution in [-0.4, -0.2) is 29.8 Å². The number of carbonyl (C=O) groups is 2. The summed E-state index contributed by atoms with van der Waals surface area (Å²) >= 11 is 0. The predicted molar refractivity (Wildman–Crippen MR) is 119 cm³/mol. The van der Waals surface area contributed by atoms with Crippen LogP contribution in [0.4, 0.5) is 14.5 Å². The van der Waals surface area contributed by atoms with Gasteiger partial charge >= 0.3 is 0 Å². The second kappa shape index (κ2) is 7.39. The van der Waals surface area contributed by atoms with Crippen molar-refractivity contribution in [1.29, 1.82) is 0 Å². The van der Waals surface area contributed by atoms with Crippen LogP contribution >= 0.6 is 0 Å². The highest BCUT2D eigenvalue weighted by Gasteiger charge is 2.61. The molecule has 1 heterocycles. The third kappa shape index (κ3) is 3.05. The van der Waals surface area contributed by atoms with E-state index < -0.39 is 11.6 Å². The summed E-state index contributed by atoms with van der Waals surface area (Å²) in [6, 6.07) is 3.51. The van der Waals surface area contributed by atoms with Crippen LogP contribution in [-0.2, 0) is 9.59 Å². The summed E-state index contributed by atoms with van der Waals surface area (Å²) in [6.07, 6.45) is 9.77. The average molecular weight is 443 g/mol. The molecule has 1 aromatic carbocycles. The largest absolute Gasteiger partial charge is 0.338 e. The van der Waals surface area contributed by atoms with E-state index in [1.807, 2.05) is 11.9 Å². The standard InChI is InChI=1S/C26H32F2N2O2/c1-25-12-10-18-16(5-9-22-26(18,2)13-11-23(31)30(22)3)17(25)6-7-19(25)24(32)29-21-8-4-15(27)14-20(21)28/h4,8,11,13-14,16-19,22H,5-7,9-10,12H2,1-3H3,(H,29,32)/t16-,17-,18+,19?,22?,25-,26+/m0/s1. The first kappa shape index (κ1) is 21.6. The summed E-state index contributed by atoms with van der Waals surface area (Å²) < 4.78 is 27.4. The van der Waals surface area contributed by atoms with Crippen molar-refractivity contribution in [3.05, 3.63) is 42.0 Å². The number of fused-ring (bicyclic) bond motifs is 5. The number of rotatable bonds is 2. The summed E-state index contributed by atoms with van der Waals surface area (Å²) in [5, 5.41) is 2.74. The number of halogens is 2. The van der Waals surface area contributed by atoms with E-state index in [-0.39, 0.29) is 40.3 Å². The van der Waals surface area contributed by atoms with Crippen molar-refractivity contribution in [2.45, 2.75) is 58.4 Å². The van der Waals surface area contributed by atoms with Crippen LogP contribution in [0.1, 0.15) is 52.4 Å². The molecule has 6 heteroatoms. The van der Waals surface area contributed by atoms with Gasteiger partial charge in [0.15, 0.2) is 0 Å². The Morgan fingerprint density at radius 1 is 1.09 bits per heavy atom. The van der Waals surface area contributed by atoms with Crippen molar-refractivity contribution in [1.82, 2.24) is 4.90 Å². The van der Waals surface area contributed by atoms with Gasteiger partial charge in [0, 0.05) is 30.5 Å². The molecule has 172 valence electrons. The first-order chi connectivity index (χ1) is 15.1. The minimum absolute atomic E-state index is 0.0233. The lowest BCUT2D eigenvalue weighted by atomic mass is 9.47. The van der Waals surface area contributed by atoms with Gasteiger partial charge in [-0.2, -0.15) is 0 Å². The molecule has 0 bridgehead atoms. The number of hydrogen-bond acceptors (Lipinski definition) is 2. The van der Waals surface area contributed by atoms with E-state index in [2.05, 4.69) is 25.2 Å². The van der Waals surface area contributed by atoms with Crippen molar-refractivity contribution in [3.8, 4) is 0 Å². The summed E-state index contributed by atoms with van der Waals surface area (Å²) in [4.78, 5) is 27.4. The second-order valence-corrected chi connectivity index (χ2v) is 10.9. The molecule has 32 heavy (non-hydrogen) atoms. The van der Waals surface area contributed by atoms with Crippen molar-refractivity contribution < 1.29 is 18.4 Å². The molecule has 2 amide bonds. The minimum atomic E-state index is -0.740. The van der Waals surface area contributed by atoms with Gasteiger partial charge in [0.1, 0.15) is 11.6 Å². The van der Waals surface area contributed by atoms with E-state index in [0.717, 1.165) is 44.6 Å². The van der Waals surface area contributed by atoms with Gasteiger partial charge in [-0.3, -0.25) is 9.59 Å². The number of nitrogens with zero attached hydrogens (tertiary/aromatic N) is 1. The molecule has 7 atom stereocenters. The Morgan fingerprint density at radius 2 is 1.88 bits per heavy atom. The Labute approximate surface area is 188 Å². The average Bonchev–Trinajstić information content (AvgIpc) is 3.10. The number of amides is 2. The van der Waals surface area contributed by atoms with Crippen molar-refractivity contribution >= 4 is 17.5 Å². The fraction of sp³-hybridized carbons (Fsp3) is 0.615. The SMILES string of the molecule is CN1C(=O)C=C[C@@]2(C)C1CC[C@@H]1[C@H]2CC[C@]2(C)C(C(=O)Nc3ccc(F)cc3F)CC[C@@H]12. The summed E-state index contributed by atoms with van der Waals surface area (Å²) in [5.41, 5.74) is -0.0968. The molecular weight excluding hydrogens is 410 g/mol. The summed E-state index contributed by atoms with van der Waals surface area (Å²) in [5.74, 6) is -0.141. The molecule has 3 saturated carbocycles. The molecule has 3 aliphatic carbocycles. The third-order valence-corrected chi connectivity index (χ3v) is 9.63. The van der Waals surface area contributed by atoms with Gasteiger partial charge in [-0.05, 0) is 79.9 Å². The summed E-state index contributed by atoms with van der Waals surface area (Å²) in [6.45, 7) is 4.56. The number of carbonyl (C=O) groups excluding carboxylic acids is 2. The van der Waals surface area contributed by atoms with Gasteiger partial charge in [0.25, 0.3) is 0 Å². The van der Waals surface area contributed by atoms with Gasteiger partial charge in [-0.1, -0.05) is 19.9 Å². The molecule has 5 rings (SSSR count). The van der Waals surface area contributed by atoms with Crippen LogP contribution in [0.3, 0.4) is 0 Å². The molecule has 4 aliphatic rings. The normalized spacial score (nSPS) is 40.5. The Balaban J connectivity index is 1.38. The van der Waals surface area contributed by atoms with E-state index in [0.29, 0.717) is 17.8 Å². The lowest BCUT2D eigenvalue weighted by Crippen LogP contribution is -2.59. The molecule has 1 aromatic rings. The van der Waals surface area contributed by atoms with Crippen LogP contribution in [0.15, 0.2) is 30.4 Å². The van der Waals surface area contributed by atoms with Gasteiger partial charge in [-0.15, -0.1) is 0 Å². The van der Waals surface area contributed by atoms with Crippen molar-refractivity contribution in [2.24, 2.45) is 34.5 Å². The Morgan fingerprint density at radius 3 is 2.62 bits per heavy atom. The first-order valence-electron chi connectivity index (χ1n) is 11.9. The lowest BCUT2D eigenvalue weighted by Gasteiger charge is -2.60. The van der Waals surface area contributed by atoms with E-state index in [9.17, 15) is 18.4 Å². The van der Waals surface area contributed by atoms with Crippen LogP contribution in [0.5, 0.6) is 0 Å². The highest BCUT2D eigenvalue weighted by Crippen LogP contribution is 2.65. The number of nitrogens with one attached hydrogen (secondary N) is 1. The van der Waals surface area contributed by atoms with Crippen LogP contribution in [0.25, 0.3) is 0 Å². The lowest BCUT2D eigenvalue weighted by molar-refractivity contribution is -0.141. The number of anilines is 1. The van der Waals surface area contributed by atoms with E-state index in [1.165, 1.54) is 12.1 Å². The monoisotopic (exact) mass is 442 g/mol. The molecular formula is C26H32F2N2O2.